The van der Waals surface area contributed by atoms with Gasteiger partial charge < -0.3 is 86.0 Å². The molecule has 0 aliphatic carbocycles. The number of carboxylic acid groups (broad SMARTS) is 2. The SMILES string of the molecule is CC(=O)N[C@H]1[C@H](O[C@H](C)[C@@H](N)[C@@H]2O[C@@](O)(C(=O)O)C[C@H](O)[C@H]2NC(C)=O)O[C@H](CO)[C@@H](O)[C@@H]1O[C@@H]1O[C@H](C(=O)O)[C@@H](O)[C@H](O)[C@H]1O. The van der Waals surface area contributed by atoms with Gasteiger partial charge in [-0.1, -0.05) is 0 Å². The quantitative estimate of drug-likeness (QED) is 0.0970. The summed E-state index contributed by atoms with van der Waals surface area (Å²) in [7, 11) is 0. The first-order valence-corrected chi connectivity index (χ1v) is 14.1. The Hall–Kier alpha value is -2.64. The number of amides is 2. The summed E-state index contributed by atoms with van der Waals surface area (Å²) in [6.45, 7) is 2.59. The van der Waals surface area contributed by atoms with Crippen molar-refractivity contribution in [3.63, 3.8) is 0 Å². The third kappa shape index (κ3) is 8.07. The summed E-state index contributed by atoms with van der Waals surface area (Å²) in [5, 5.41) is 96.2. The molecule has 0 aromatic carbocycles. The summed E-state index contributed by atoms with van der Waals surface area (Å²) in [6, 6.07) is -4.35. The summed E-state index contributed by atoms with van der Waals surface area (Å²) in [4.78, 5) is 47.3. The van der Waals surface area contributed by atoms with Gasteiger partial charge in [0.15, 0.2) is 18.7 Å². The van der Waals surface area contributed by atoms with E-state index in [0.717, 1.165) is 13.8 Å². The number of aliphatic hydroxyl groups excluding tert-OH is 6. The average molecular weight is 672 g/mol. The minimum atomic E-state index is -2.91. The van der Waals surface area contributed by atoms with Crippen LogP contribution in [0.5, 0.6) is 0 Å². The molecule has 2 amide bonds. The lowest BCUT2D eigenvalue weighted by Crippen LogP contribution is -2.70. The molecule has 264 valence electrons. The van der Waals surface area contributed by atoms with Gasteiger partial charge >= 0.3 is 11.9 Å². The van der Waals surface area contributed by atoms with E-state index in [9.17, 15) is 65.1 Å². The first-order chi connectivity index (χ1) is 21.3. The Bertz CT molecular complexity index is 1120. The molecule has 0 aromatic heterocycles. The molecule has 3 fully saturated rings. The Kier molecular flexibility index (Phi) is 12.4. The van der Waals surface area contributed by atoms with Gasteiger partial charge in [-0.25, -0.2) is 9.59 Å². The number of ether oxygens (including phenoxy) is 5. The smallest absolute Gasteiger partial charge is 0.364 e. The van der Waals surface area contributed by atoms with E-state index >= 15 is 0 Å². The third-order valence-corrected chi connectivity index (χ3v) is 7.89. The van der Waals surface area contributed by atoms with Crippen molar-refractivity contribution in [3.8, 4) is 0 Å². The van der Waals surface area contributed by atoms with Gasteiger partial charge in [0.2, 0.25) is 11.8 Å². The molecule has 0 radical (unpaired) electrons. The number of nitrogens with two attached hydrogens (primary N) is 1. The van der Waals surface area contributed by atoms with Crippen LogP contribution in [0.4, 0.5) is 0 Å². The molecule has 3 aliphatic heterocycles. The zero-order valence-electron chi connectivity index (χ0n) is 24.9. The van der Waals surface area contributed by atoms with Crippen molar-refractivity contribution in [2.75, 3.05) is 6.61 Å². The van der Waals surface area contributed by atoms with E-state index in [1.807, 2.05) is 0 Å². The molecular formula is C25H41N3O18. The third-order valence-electron chi connectivity index (χ3n) is 7.89. The van der Waals surface area contributed by atoms with Crippen molar-refractivity contribution in [3.05, 3.63) is 0 Å². The largest absolute Gasteiger partial charge is 0.479 e. The lowest BCUT2D eigenvalue weighted by atomic mass is 9.88. The van der Waals surface area contributed by atoms with Crippen LogP contribution < -0.4 is 16.4 Å². The molecular weight excluding hydrogens is 630 g/mol. The van der Waals surface area contributed by atoms with Gasteiger partial charge in [-0.05, 0) is 6.92 Å². The maximum Gasteiger partial charge on any atom is 0.364 e. The highest BCUT2D eigenvalue weighted by Gasteiger charge is 2.56. The maximum absolute atomic E-state index is 12.2. The van der Waals surface area contributed by atoms with Crippen LogP contribution in [-0.2, 0) is 42.9 Å². The fourth-order valence-electron chi connectivity index (χ4n) is 5.47. The van der Waals surface area contributed by atoms with Gasteiger partial charge in [-0.2, -0.15) is 0 Å². The predicted octanol–water partition coefficient (Wildman–Crippen LogP) is -6.99. The average Bonchev–Trinajstić information content (AvgIpc) is 2.96. The number of aliphatic hydroxyl groups is 7. The first kappa shape index (κ1) is 37.8. The molecule has 21 nitrogen and oxygen atoms in total. The zero-order chi connectivity index (χ0) is 34.8. The number of carbonyl (C=O) groups is 4. The fraction of sp³-hybridized carbons (Fsp3) is 0.840. The van der Waals surface area contributed by atoms with Crippen molar-refractivity contribution in [1.82, 2.24) is 10.6 Å². The molecule has 3 saturated heterocycles. The van der Waals surface area contributed by atoms with Gasteiger partial charge in [0, 0.05) is 20.3 Å². The second kappa shape index (κ2) is 15.1. The van der Waals surface area contributed by atoms with Crippen LogP contribution in [0.25, 0.3) is 0 Å². The number of carbonyl (C=O) groups excluding carboxylic acids is 2. The number of hydrogen-bond acceptors (Lipinski definition) is 17. The highest BCUT2D eigenvalue weighted by atomic mass is 16.7. The molecule has 16 atom stereocenters. The molecule has 0 saturated carbocycles. The Balaban J connectivity index is 1.92. The van der Waals surface area contributed by atoms with Gasteiger partial charge in [0.1, 0.15) is 48.8 Å². The van der Waals surface area contributed by atoms with Crippen molar-refractivity contribution in [1.29, 1.82) is 0 Å². The molecule has 13 N–H and O–H groups in total. The Morgan fingerprint density at radius 1 is 0.913 bits per heavy atom. The molecule has 46 heavy (non-hydrogen) atoms. The summed E-state index contributed by atoms with van der Waals surface area (Å²) in [6.07, 6.45) is -22.5. The van der Waals surface area contributed by atoms with Gasteiger partial charge in [-0.3, -0.25) is 9.59 Å². The first-order valence-electron chi connectivity index (χ1n) is 14.1. The molecule has 3 aliphatic rings. The standard InChI is InChI=1S/C25H41N3O18/c1-6(11(26)18-12(27-7(2)30)9(32)4-25(41,46-18)24(39)40)42-22-13(28-8(3)31)19(14(33)10(5-29)43-22)44-23-17(36)15(34)16(35)20(45-23)21(37)38/h6,9-20,22-23,29,32-36,41H,4-5,26H2,1-3H3,(H,27,30)(H,28,31)(H,37,38)(H,39,40)/t6-,9+,10-,11-,12-,13-,14-,15+,16+,17-,18+,19-,20+,22-,23-,25-/m1/s1. The van der Waals surface area contributed by atoms with E-state index in [1.54, 1.807) is 0 Å². The van der Waals surface area contributed by atoms with Crippen molar-refractivity contribution >= 4 is 23.8 Å². The molecule has 21 heteroatoms. The van der Waals surface area contributed by atoms with Crippen LogP contribution in [-0.4, -0.2) is 174 Å². The van der Waals surface area contributed by atoms with Crippen molar-refractivity contribution in [2.45, 2.75) is 125 Å². The number of aliphatic carboxylic acids is 2. The van der Waals surface area contributed by atoms with Gasteiger partial charge in [0.05, 0.1) is 30.9 Å². The lowest BCUT2D eigenvalue weighted by Gasteiger charge is -2.48. The second-order valence-corrected chi connectivity index (χ2v) is 11.4. The van der Waals surface area contributed by atoms with Gasteiger partial charge in [0.25, 0.3) is 5.79 Å². The molecule has 0 unspecified atom stereocenters. The van der Waals surface area contributed by atoms with E-state index in [4.69, 9.17) is 29.4 Å². The predicted molar refractivity (Wildman–Crippen MR) is 143 cm³/mol. The molecule has 0 spiro atoms. The number of rotatable bonds is 11. The molecule has 0 aromatic rings. The van der Waals surface area contributed by atoms with E-state index in [-0.39, 0.29) is 0 Å². The minimum absolute atomic E-state index is 0.657. The Morgan fingerprint density at radius 2 is 1.50 bits per heavy atom. The summed E-state index contributed by atoms with van der Waals surface area (Å²) in [5.74, 6) is -7.89. The topological polar surface area (TPSA) is 347 Å². The van der Waals surface area contributed by atoms with E-state index < -0.39 is 134 Å². The van der Waals surface area contributed by atoms with Crippen LogP contribution in [0.3, 0.4) is 0 Å². The van der Waals surface area contributed by atoms with Crippen molar-refractivity contribution in [2.24, 2.45) is 5.73 Å². The van der Waals surface area contributed by atoms with Crippen LogP contribution >= 0.6 is 0 Å². The second-order valence-electron chi connectivity index (χ2n) is 11.4. The molecule has 3 rings (SSSR count). The van der Waals surface area contributed by atoms with E-state index in [0.29, 0.717) is 0 Å². The number of nitrogens with one attached hydrogen (secondary N) is 2. The van der Waals surface area contributed by atoms with E-state index in [1.165, 1.54) is 6.92 Å². The van der Waals surface area contributed by atoms with Crippen LogP contribution in [0.15, 0.2) is 0 Å². The van der Waals surface area contributed by atoms with Crippen molar-refractivity contribution < 1.29 is 88.8 Å². The lowest BCUT2D eigenvalue weighted by molar-refractivity contribution is -0.344. The summed E-state index contributed by atoms with van der Waals surface area (Å²) in [5.41, 5.74) is 6.32. The van der Waals surface area contributed by atoms with Crippen LogP contribution in [0.2, 0.25) is 0 Å². The van der Waals surface area contributed by atoms with Gasteiger partial charge in [-0.15, -0.1) is 0 Å². The normalized spacial score (nSPS) is 42.8. The van der Waals surface area contributed by atoms with Crippen LogP contribution in [0, 0.1) is 0 Å². The Morgan fingerprint density at radius 3 is 2.02 bits per heavy atom. The monoisotopic (exact) mass is 671 g/mol. The molecule has 3 heterocycles. The minimum Gasteiger partial charge on any atom is -0.479 e. The number of hydrogen-bond donors (Lipinski definition) is 12. The Labute approximate surface area is 260 Å². The molecule has 0 bridgehead atoms. The zero-order valence-corrected chi connectivity index (χ0v) is 24.9. The summed E-state index contributed by atoms with van der Waals surface area (Å²) < 4.78 is 27.7. The van der Waals surface area contributed by atoms with Crippen LogP contribution in [0.1, 0.15) is 27.2 Å². The van der Waals surface area contributed by atoms with E-state index in [2.05, 4.69) is 10.6 Å². The number of carboxylic acids is 2. The fourth-order valence-corrected chi connectivity index (χ4v) is 5.47. The highest BCUT2D eigenvalue weighted by Crippen LogP contribution is 2.33. The maximum atomic E-state index is 12.2. The highest BCUT2D eigenvalue weighted by molar-refractivity contribution is 5.76. The summed E-state index contributed by atoms with van der Waals surface area (Å²) >= 11 is 0.